The highest BCUT2D eigenvalue weighted by Crippen LogP contribution is 2.27. The van der Waals surface area contributed by atoms with Crippen LogP contribution in [0.15, 0.2) is 48.5 Å². The van der Waals surface area contributed by atoms with E-state index in [1.807, 2.05) is 31.3 Å². The highest BCUT2D eigenvalue weighted by atomic mass is 35.5. The Labute approximate surface area is 135 Å². The summed E-state index contributed by atoms with van der Waals surface area (Å²) >= 11 is 12.0. The molecular weight excluding hydrogens is 305 g/mol. The first-order valence-corrected chi connectivity index (χ1v) is 7.70. The van der Waals surface area contributed by atoms with E-state index in [0.29, 0.717) is 6.61 Å². The van der Waals surface area contributed by atoms with Crippen molar-refractivity contribution in [3.8, 4) is 0 Å². The third-order valence-corrected chi connectivity index (χ3v) is 4.04. The number of rotatable bonds is 6. The third kappa shape index (κ3) is 4.72. The van der Waals surface area contributed by atoms with Gasteiger partial charge in [-0.1, -0.05) is 47.5 Å². The largest absolute Gasteiger partial charge is 0.444 e. The molecule has 0 aliphatic heterocycles. The third-order valence-electron chi connectivity index (χ3n) is 3.53. The fourth-order valence-corrected chi connectivity index (χ4v) is 2.64. The van der Waals surface area contributed by atoms with E-state index in [1.165, 1.54) is 11.1 Å². The van der Waals surface area contributed by atoms with E-state index in [1.54, 1.807) is 0 Å². The molecule has 0 atom stereocenters. The van der Waals surface area contributed by atoms with Crippen molar-refractivity contribution in [2.24, 2.45) is 0 Å². The molecule has 0 fully saturated rings. The molecule has 2 aromatic carbocycles. The van der Waals surface area contributed by atoms with Crippen LogP contribution in [0.4, 0.5) is 0 Å². The predicted octanol–water partition coefficient (Wildman–Crippen LogP) is 3.78. The highest BCUT2D eigenvalue weighted by molar-refractivity contribution is 6.30. The molecule has 0 unspecified atom stereocenters. The van der Waals surface area contributed by atoms with Gasteiger partial charge in [-0.3, -0.25) is 4.90 Å². The first kappa shape index (κ1) is 16.3. The molecule has 112 valence electrons. The Morgan fingerprint density at radius 3 is 1.71 bits per heavy atom. The van der Waals surface area contributed by atoms with Gasteiger partial charge in [0.1, 0.15) is 0 Å². The van der Waals surface area contributed by atoms with Gasteiger partial charge in [0, 0.05) is 22.5 Å². The predicted molar refractivity (Wildman–Crippen MR) is 90.7 cm³/mol. The summed E-state index contributed by atoms with van der Waals surface area (Å²) < 4.78 is 0. The maximum Gasteiger partial charge on any atom is 0.156 e. The Hall–Kier alpha value is -1.06. The topological polar surface area (TPSA) is 26.1 Å². The molecule has 0 aromatic heterocycles. The zero-order valence-corrected chi connectivity index (χ0v) is 13.5. The standard InChI is InChI=1S/C17H19Cl2NO/c1-20(10-11-21)12-17(13-2-6-15(18)7-3-13)14-4-8-16(19)9-5-14/h2-9,17,21H,10-12H2,1H3/p+1. The molecule has 0 aliphatic rings. The Bertz CT molecular complexity index is 509. The average Bonchev–Trinajstić information content (AvgIpc) is 2.47. The van der Waals surface area contributed by atoms with Gasteiger partial charge in [0.25, 0.3) is 0 Å². The van der Waals surface area contributed by atoms with E-state index < -0.39 is 0 Å². The molecule has 2 nitrogen and oxygen atoms in total. The summed E-state index contributed by atoms with van der Waals surface area (Å²) in [6.07, 6.45) is 0. The minimum Gasteiger partial charge on any atom is -0.444 e. The van der Waals surface area contributed by atoms with Gasteiger partial charge in [-0.05, 0) is 42.4 Å². The molecule has 2 N–H and O–H groups in total. The van der Waals surface area contributed by atoms with Gasteiger partial charge in [-0.2, -0.15) is 0 Å². The zero-order chi connectivity index (χ0) is 15.2. The van der Waals surface area contributed by atoms with Crippen LogP contribution in [-0.2, 0) is 0 Å². The van der Waals surface area contributed by atoms with Crippen LogP contribution in [0.2, 0.25) is 10.0 Å². The number of nitrogens with zero attached hydrogens (tertiary/aromatic N) is 1. The minimum atomic E-state index is 0.246. The lowest BCUT2D eigenvalue weighted by molar-refractivity contribution is 0.218. The fraction of sp³-hybridized carbons (Fsp3) is 0.294. The van der Waals surface area contributed by atoms with Crippen LogP contribution in [0, 0.1) is 0 Å². The first-order chi connectivity index (χ1) is 10.1. The Morgan fingerprint density at radius 1 is 0.905 bits per heavy atom. The van der Waals surface area contributed by atoms with Crippen molar-refractivity contribution < 1.29 is 5.11 Å². The van der Waals surface area contributed by atoms with Gasteiger partial charge in [0.05, 0.1) is 6.54 Å². The van der Waals surface area contributed by atoms with Crippen molar-refractivity contribution in [3.63, 3.8) is 0 Å². The molecule has 0 aliphatic carbocycles. The average molecular weight is 325 g/mol. The summed E-state index contributed by atoms with van der Waals surface area (Å²) in [6.45, 7) is 2.03. The summed E-state index contributed by atoms with van der Waals surface area (Å²) in [5, 5.41) is 8.85. The van der Waals surface area contributed by atoms with E-state index in [4.69, 9.17) is 28.3 Å². The van der Waals surface area contributed by atoms with Crippen LogP contribution in [0.3, 0.4) is 0 Å². The number of likely N-dealkylation sites (N-methyl/N-ethyl adjacent to an activating group) is 1. The first-order valence-electron chi connectivity index (χ1n) is 6.94. The van der Waals surface area contributed by atoms with Crippen molar-refractivity contribution in [1.29, 1.82) is 0 Å². The van der Waals surface area contributed by atoms with Crippen molar-refractivity contribution >= 4 is 23.2 Å². The van der Waals surface area contributed by atoms with Gasteiger partial charge >= 0.3 is 0 Å². The maximum atomic E-state index is 7.37. The summed E-state index contributed by atoms with van der Waals surface area (Å²) in [6, 6.07) is 15.9. The summed E-state index contributed by atoms with van der Waals surface area (Å²) in [4.78, 5) is 2.18. The van der Waals surface area contributed by atoms with Crippen LogP contribution in [0.5, 0.6) is 0 Å². The molecule has 21 heavy (non-hydrogen) atoms. The Morgan fingerprint density at radius 2 is 1.33 bits per heavy atom. The summed E-state index contributed by atoms with van der Waals surface area (Å²) in [5.41, 5.74) is 2.44. The lowest BCUT2D eigenvalue weighted by atomic mass is 9.91. The molecule has 0 amide bonds. The molecule has 2 rings (SSSR count). The second-order valence-electron chi connectivity index (χ2n) is 5.17. The van der Waals surface area contributed by atoms with Gasteiger partial charge in [-0.15, -0.1) is 0 Å². The Balaban J connectivity index is 2.29. The lowest BCUT2D eigenvalue weighted by Crippen LogP contribution is -2.28. The Kier molecular flexibility index (Phi) is 6.07. The molecule has 0 heterocycles. The van der Waals surface area contributed by atoms with Gasteiger partial charge in [0.15, 0.2) is 6.61 Å². The smallest absolute Gasteiger partial charge is 0.156 e. The van der Waals surface area contributed by atoms with Gasteiger partial charge < -0.3 is 5.11 Å². The van der Waals surface area contributed by atoms with E-state index in [0.717, 1.165) is 23.1 Å². The molecular formula is C17H20Cl2NO+. The molecule has 4 heteroatoms. The van der Waals surface area contributed by atoms with Crippen LogP contribution in [0.25, 0.3) is 0 Å². The second kappa shape index (κ2) is 7.81. The van der Waals surface area contributed by atoms with Gasteiger partial charge in [-0.25, -0.2) is 0 Å². The van der Waals surface area contributed by atoms with E-state index >= 15 is 0 Å². The fourth-order valence-electron chi connectivity index (χ4n) is 2.39. The normalized spacial score (nSPS) is 11.3. The van der Waals surface area contributed by atoms with Crippen LogP contribution >= 0.6 is 23.2 Å². The second-order valence-corrected chi connectivity index (χ2v) is 6.04. The number of benzene rings is 2. The summed E-state index contributed by atoms with van der Waals surface area (Å²) in [7, 11) is 2.05. The van der Waals surface area contributed by atoms with E-state index in [-0.39, 0.29) is 5.92 Å². The SMILES string of the molecule is CN(CC[OH2+])CC(c1ccc(Cl)cc1)c1ccc(Cl)cc1. The lowest BCUT2D eigenvalue weighted by Gasteiger charge is -2.24. The zero-order valence-electron chi connectivity index (χ0n) is 12.0. The molecule has 0 bridgehead atoms. The monoisotopic (exact) mass is 324 g/mol. The summed E-state index contributed by atoms with van der Waals surface area (Å²) in [5.74, 6) is 0.246. The molecule has 0 radical (unpaired) electrons. The van der Waals surface area contributed by atoms with Crippen molar-refractivity contribution in [3.05, 3.63) is 69.7 Å². The van der Waals surface area contributed by atoms with Crippen molar-refractivity contribution in [1.82, 2.24) is 4.90 Å². The number of hydrogen-bond donors (Lipinski definition) is 0. The molecule has 0 saturated carbocycles. The van der Waals surface area contributed by atoms with E-state index in [9.17, 15) is 0 Å². The highest BCUT2D eigenvalue weighted by Gasteiger charge is 2.16. The van der Waals surface area contributed by atoms with Gasteiger partial charge in [0.2, 0.25) is 0 Å². The molecule has 2 aromatic rings. The quantitative estimate of drug-likeness (QED) is 0.742. The van der Waals surface area contributed by atoms with Crippen molar-refractivity contribution in [2.75, 3.05) is 26.7 Å². The number of hydrogen-bond acceptors (Lipinski definition) is 1. The van der Waals surface area contributed by atoms with Crippen LogP contribution < -0.4 is 0 Å². The van der Waals surface area contributed by atoms with Crippen molar-refractivity contribution in [2.45, 2.75) is 5.92 Å². The molecule has 0 saturated heterocycles. The molecule has 0 spiro atoms. The van der Waals surface area contributed by atoms with Crippen LogP contribution in [-0.4, -0.2) is 36.8 Å². The van der Waals surface area contributed by atoms with E-state index in [2.05, 4.69) is 29.2 Å². The number of halogens is 2. The van der Waals surface area contributed by atoms with Crippen LogP contribution in [0.1, 0.15) is 17.0 Å². The maximum absolute atomic E-state index is 7.37. The minimum absolute atomic E-state index is 0.246.